The van der Waals surface area contributed by atoms with Gasteiger partial charge in [0.2, 0.25) is 18.3 Å². The number of aldehydes is 1. The molecule has 372 valence electrons. The first-order valence-corrected chi connectivity index (χ1v) is 25.8. The van der Waals surface area contributed by atoms with E-state index in [2.05, 4.69) is 85.5 Å². The number of carbonyl (C=O) groups excluding carboxylic acids is 3. The average Bonchev–Trinajstić information content (AvgIpc) is 3.80. The van der Waals surface area contributed by atoms with Crippen LogP contribution in [0.2, 0.25) is 0 Å². The van der Waals surface area contributed by atoms with E-state index >= 15 is 0 Å². The van der Waals surface area contributed by atoms with Gasteiger partial charge in [-0.3, -0.25) is 14.5 Å². The Morgan fingerprint density at radius 2 is 1.59 bits per heavy atom. The molecule has 4 aromatic rings. The summed E-state index contributed by atoms with van der Waals surface area (Å²) in [5, 5.41) is 16.0. The van der Waals surface area contributed by atoms with Crippen molar-refractivity contribution in [3.8, 4) is 11.1 Å². The number of hydrogen-bond donors (Lipinski definition) is 4. The highest BCUT2D eigenvalue weighted by molar-refractivity contribution is 5.93. The molecule has 2 aliphatic heterocycles. The molecule has 14 nitrogen and oxygen atoms in total. The van der Waals surface area contributed by atoms with Crippen molar-refractivity contribution < 1.29 is 19.5 Å². The van der Waals surface area contributed by atoms with Gasteiger partial charge in [0.15, 0.2) is 0 Å². The molecule has 3 aliphatic rings. The fourth-order valence-electron chi connectivity index (χ4n) is 10.0. The number of rotatable bonds is 23. The topological polar surface area (TPSA) is 153 Å². The van der Waals surface area contributed by atoms with Crippen molar-refractivity contribution in [1.82, 2.24) is 35.0 Å². The normalized spacial score (nSPS) is 17.1. The van der Waals surface area contributed by atoms with Crippen molar-refractivity contribution in [1.29, 1.82) is 0 Å². The number of amides is 2. The van der Waals surface area contributed by atoms with Crippen LogP contribution in [0.5, 0.6) is 0 Å². The largest absolute Gasteiger partial charge is 0.393 e. The molecule has 2 aromatic heterocycles. The maximum Gasteiger partial charge on any atom is 0.224 e. The van der Waals surface area contributed by atoms with Gasteiger partial charge in [-0.2, -0.15) is 4.98 Å². The number of fused-ring (bicyclic) bond motifs is 1. The summed E-state index contributed by atoms with van der Waals surface area (Å²) >= 11 is 0. The molecule has 1 atom stereocenters. The zero-order valence-corrected chi connectivity index (χ0v) is 41.9. The molecule has 2 amide bonds. The number of piperidine rings is 1. The van der Waals surface area contributed by atoms with E-state index in [-0.39, 0.29) is 18.4 Å². The number of aliphatic hydroxyl groups excluding tert-OH is 1. The molecule has 2 aromatic carbocycles. The number of likely N-dealkylation sites (tertiary alicyclic amines) is 1. The lowest BCUT2D eigenvalue weighted by atomic mass is 9.95. The maximum absolute atomic E-state index is 11.9. The SMILES string of the molecule is CCC(CC)CNc1ncc2c(-c3ccc(CN4CCN(CC5CCN(CCCCc6ccc(N(C)C(C=O)CCC(=O)NC)c(N(C)C=O)c6)CC5)CC4)cc3)c[nH]c2n1.OC1CCCCC1. The van der Waals surface area contributed by atoms with Gasteiger partial charge in [-0.25, -0.2) is 4.98 Å². The number of aromatic amines is 1. The number of aryl methyl sites for hydroxylation is 1. The van der Waals surface area contributed by atoms with Gasteiger partial charge < -0.3 is 45.1 Å². The van der Waals surface area contributed by atoms with E-state index in [1.807, 2.05) is 30.4 Å². The molecule has 3 fully saturated rings. The summed E-state index contributed by atoms with van der Waals surface area (Å²) in [5.74, 6) is 1.99. The van der Waals surface area contributed by atoms with Crippen molar-refractivity contribution >= 4 is 47.0 Å². The van der Waals surface area contributed by atoms with Crippen LogP contribution < -0.4 is 20.4 Å². The molecular formula is C54H82N10O4. The Morgan fingerprint density at radius 3 is 2.24 bits per heavy atom. The molecule has 7 rings (SSSR count). The monoisotopic (exact) mass is 935 g/mol. The lowest BCUT2D eigenvalue weighted by Crippen LogP contribution is -2.48. The van der Waals surface area contributed by atoms with E-state index in [4.69, 9.17) is 10.1 Å². The highest BCUT2D eigenvalue weighted by Gasteiger charge is 2.25. The number of H-pyrrole nitrogens is 1. The smallest absolute Gasteiger partial charge is 0.224 e. The molecule has 4 heterocycles. The maximum atomic E-state index is 11.9. The molecule has 4 N–H and O–H groups in total. The molecular weight excluding hydrogens is 853 g/mol. The van der Waals surface area contributed by atoms with E-state index in [1.54, 1.807) is 19.0 Å². The Labute approximate surface area is 406 Å². The average molecular weight is 935 g/mol. The summed E-state index contributed by atoms with van der Waals surface area (Å²) in [5.41, 5.74) is 7.28. The van der Waals surface area contributed by atoms with Gasteiger partial charge in [-0.15, -0.1) is 0 Å². The van der Waals surface area contributed by atoms with Crippen LogP contribution in [-0.2, 0) is 27.3 Å². The van der Waals surface area contributed by atoms with E-state index in [9.17, 15) is 14.4 Å². The molecule has 1 unspecified atom stereocenters. The third-order valence-corrected chi connectivity index (χ3v) is 14.8. The number of piperazine rings is 1. The van der Waals surface area contributed by atoms with Crippen LogP contribution in [0, 0.1) is 11.8 Å². The third kappa shape index (κ3) is 15.6. The van der Waals surface area contributed by atoms with Crippen LogP contribution in [0.3, 0.4) is 0 Å². The number of nitrogens with zero attached hydrogens (tertiary/aromatic N) is 7. The Kier molecular flexibility index (Phi) is 21.1. The second-order valence-electron chi connectivity index (χ2n) is 19.6. The van der Waals surface area contributed by atoms with Gasteiger partial charge in [0.25, 0.3) is 0 Å². The van der Waals surface area contributed by atoms with E-state index < -0.39 is 6.04 Å². The van der Waals surface area contributed by atoms with Gasteiger partial charge >= 0.3 is 0 Å². The quantitative estimate of drug-likeness (QED) is 0.0427. The molecule has 14 heteroatoms. The summed E-state index contributed by atoms with van der Waals surface area (Å²) in [6.45, 7) is 15.5. The molecule has 68 heavy (non-hydrogen) atoms. The minimum absolute atomic E-state index is 0.0359. The molecule has 1 aliphatic carbocycles. The standard InChI is InChI=1S/C48H70N10O3.C6H12O/c1-6-36(7-2)29-51-48-52-31-43-42(30-50-47(43)53-48)40-14-11-38(12-15-40)32-57-24-26-58(27-25-57)33-39-19-22-56(23-20-39)21-9-8-10-37-13-17-44(45(28-37)54(4)35-60)55(5)41(34-59)16-18-46(61)49-3;7-6-4-2-1-3-5-6/h11-15,17,28,30-31,34-36,39,41H,6-10,16,18-27,29,32-33H2,1-5H3,(H,49,61)(H2,50,51,52,53);6-7H,1-5H2. The van der Waals surface area contributed by atoms with E-state index in [0.29, 0.717) is 18.3 Å². The van der Waals surface area contributed by atoms with E-state index in [0.717, 1.165) is 137 Å². The van der Waals surface area contributed by atoms with Crippen molar-refractivity contribution in [2.45, 2.75) is 122 Å². The highest BCUT2D eigenvalue weighted by atomic mass is 16.3. The van der Waals surface area contributed by atoms with Crippen molar-refractivity contribution in [2.75, 3.05) is 95.2 Å². The van der Waals surface area contributed by atoms with Gasteiger partial charge in [0, 0.05) is 96.7 Å². The second kappa shape index (κ2) is 27.3. The number of hydrogen-bond acceptors (Lipinski definition) is 11. The Bertz CT molecular complexity index is 2120. The van der Waals surface area contributed by atoms with Crippen LogP contribution in [0.4, 0.5) is 17.3 Å². The van der Waals surface area contributed by atoms with Crippen LogP contribution in [0.25, 0.3) is 22.2 Å². The summed E-state index contributed by atoms with van der Waals surface area (Å²) in [6, 6.07) is 14.7. The number of likely N-dealkylation sites (N-methyl/N-ethyl adjacent to an activating group) is 1. The minimum Gasteiger partial charge on any atom is -0.393 e. The fourth-order valence-corrected chi connectivity index (χ4v) is 10.0. The Hall–Kier alpha value is -4.89. The predicted molar refractivity (Wildman–Crippen MR) is 277 cm³/mol. The number of unbranched alkanes of at least 4 members (excludes halogenated alkanes) is 1. The van der Waals surface area contributed by atoms with Crippen LogP contribution in [0.1, 0.15) is 108 Å². The van der Waals surface area contributed by atoms with Gasteiger partial charge in [-0.1, -0.05) is 76.3 Å². The zero-order chi connectivity index (χ0) is 48.3. The lowest BCUT2D eigenvalue weighted by Gasteiger charge is -2.39. The Balaban J connectivity index is 0.000000995. The van der Waals surface area contributed by atoms with Gasteiger partial charge in [0.1, 0.15) is 11.9 Å². The van der Waals surface area contributed by atoms with Crippen molar-refractivity contribution in [3.63, 3.8) is 0 Å². The predicted octanol–water partition coefficient (Wildman–Crippen LogP) is 7.76. The first-order chi connectivity index (χ1) is 33.1. The van der Waals surface area contributed by atoms with Crippen molar-refractivity contribution in [2.24, 2.45) is 11.8 Å². The summed E-state index contributed by atoms with van der Waals surface area (Å²) < 4.78 is 0. The highest BCUT2D eigenvalue weighted by Crippen LogP contribution is 2.32. The first kappa shape index (κ1) is 52.5. The number of carbonyl (C=O) groups is 3. The zero-order valence-electron chi connectivity index (χ0n) is 41.9. The molecule has 1 saturated carbocycles. The fraction of sp³-hybridized carbons (Fsp3) is 0.611. The number of benzene rings is 2. The summed E-state index contributed by atoms with van der Waals surface area (Å²) in [7, 11) is 5.18. The summed E-state index contributed by atoms with van der Waals surface area (Å²) in [6.07, 6.45) is 20.2. The number of anilines is 3. The number of aromatic nitrogens is 3. The van der Waals surface area contributed by atoms with E-state index in [1.165, 1.54) is 68.4 Å². The molecule has 0 radical (unpaired) electrons. The molecule has 0 spiro atoms. The van der Waals surface area contributed by atoms with Crippen LogP contribution >= 0.6 is 0 Å². The van der Waals surface area contributed by atoms with Crippen LogP contribution in [0.15, 0.2) is 54.9 Å². The first-order valence-electron chi connectivity index (χ1n) is 25.8. The number of aliphatic hydroxyl groups is 1. The summed E-state index contributed by atoms with van der Waals surface area (Å²) in [4.78, 5) is 59.6. The van der Waals surface area contributed by atoms with Crippen molar-refractivity contribution in [3.05, 3.63) is 66.0 Å². The lowest BCUT2D eigenvalue weighted by molar-refractivity contribution is -0.120. The minimum atomic E-state index is -0.465. The number of nitrogens with one attached hydrogen (secondary N) is 3. The molecule has 2 saturated heterocycles. The third-order valence-electron chi connectivity index (χ3n) is 14.8. The van der Waals surface area contributed by atoms with Gasteiger partial charge in [-0.05, 0) is 112 Å². The van der Waals surface area contributed by atoms with Gasteiger partial charge in [0.05, 0.1) is 23.5 Å². The van der Waals surface area contributed by atoms with Crippen LogP contribution in [-0.4, -0.2) is 146 Å². The molecule has 0 bridgehead atoms. The Morgan fingerprint density at radius 1 is 0.882 bits per heavy atom. The second-order valence-corrected chi connectivity index (χ2v) is 19.6.